The van der Waals surface area contributed by atoms with Crippen molar-refractivity contribution in [2.75, 3.05) is 33.0 Å². The van der Waals surface area contributed by atoms with Crippen LogP contribution in [0.5, 0.6) is 0 Å². The lowest BCUT2D eigenvalue weighted by atomic mass is 10.0. The number of carbonyl (C=O) groups excluding carboxylic acids is 8. The van der Waals surface area contributed by atoms with Crippen LogP contribution in [-0.4, -0.2) is 105 Å². The fourth-order valence-corrected chi connectivity index (χ4v) is 4.46. The highest BCUT2D eigenvalue weighted by molar-refractivity contribution is 5.82. The zero-order valence-electron chi connectivity index (χ0n) is 30.4. The largest absolute Gasteiger partial charge is 0.463 e. The summed E-state index contributed by atoms with van der Waals surface area (Å²) < 4.78 is 47.8. The Morgan fingerprint density at radius 1 is 0.444 bits per heavy atom. The predicted octanol–water partition coefficient (Wildman–Crippen LogP) is 3.22. The Morgan fingerprint density at radius 2 is 0.759 bits per heavy atom. The van der Waals surface area contributed by atoms with Gasteiger partial charge in [-0.2, -0.15) is 0 Å². The standard InChI is InChI=1S/C37H50O17/c1-5-27(38)46-21-13-9-17-31(42)51-26-25-50-37(54-34(45)20-12-16-24-49-30(41)8-4)36(53-33(44)19-11-15-23-48-29(40)7-3)35(26)52-32(43)18-10-14-22-47-28(39)6-2/h5-8,26,35-37H,1-4,9-25H2/t26-,35?,36-,37?/m1/s1. The van der Waals surface area contributed by atoms with Gasteiger partial charge >= 0.3 is 47.8 Å². The quantitative estimate of drug-likeness (QED) is 0.0483. The molecule has 0 bridgehead atoms. The normalized spacial score (nSPS) is 17.3. The Morgan fingerprint density at radius 3 is 1.11 bits per heavy atom. The first-order chi connectivity index (χ1) is 25.9. The van der Waals surface area contributed by atoms with Gasteiger partial charge in [0.15, 0.2) is 12.2 Å². The molecule has 0 aromatic rings. The van der Waals surface area contributed by atoms with Crippen molar-refractivity contribution >= 4 is 47.8 Å². The van der Waals surface area contributed by atoms with E-state index in [1.807, 2.05) is 0 Å². The summed E-state index contributed by atoms with van der Waals surface area (Å²) in [6.45, 7) is 12.9. The minimum Gasteiger partial charge on any atom is -0.463 e. The number of hydrogen-bond donors (Lipinski definition) is 0. The van der Waals surface area contributed by atoms with E-state index in [0.717, 1.165) is 24.3 Å². The van der Waals surface area contributed by atoms with Crippen LogP contribution in [0.1, 0.15) is 77.0 Å². The molecule has 17 nitrogen and oxygen atoms in total. The van der Waals surface area contributed by atoms with Gasteiger partial charge in [-0.1, -0.05) is 26.3 Å². The molecule has 54 heavy (non-hydrogen) atoms. The summed E-state index contributed by atoms with van der Waals surface area (Å²) in [6.07, 6.45) is -0.335. The Bertz CT molecular complexity index is 1210. The summed E-state index contributed by atoms with van der Waals surface area (Å²) in [7, 11) is 0. The molecule has 1 fully saturated rings. The highest BCUT2D eigenvalue weighted by Gasteiger charge is 2.49. The van der Waals surface area contributed by atoms with Crippen molar-refractivity contribution in [3.8, 4) is 0 Å². The Balaban J connectivity index is 3.12. The summed E-state index contributed by atoms with van der Waals surface area (Å²) >= 11 is 0. The van der Waals surface area contributed by atoms with Crippen molar-refractivity contribution in [1.82, 2.24) is 0 Å². The molecule has 300 valence electrons. The van der Waals surface area contributed by atoms with E-state index in [0.29, 0.717) is 25.7 Å². The van der Waals surface area contributed by atoms with Gasteiger partial charge in [-0.15, -0.1) is 0 Å². The van der Waals surface area contributed by atoms with Crippen molar-refractivity contribution in [2.45, 2.75) is 102 Å². The third-order valence-electron chi connectivity index (χ3n) is 7.19. The van der Waals surface area contributed by atoms with Gasteiger partial charge in [0.05, 0.1) is 33.0 Å². The number of esters is 8. The van der Waals surface area contributed by atoms with Gasteiger partial charge in [0.2, 0.25) is 12.4 Å². The van der Waals surface area contributed by atoms with Gasteiger partial charge in [0.25, 0.3) is 0 Å². The summed E-state index contributed by atoms with van der Waals surface area (Å²) in [4.78, 5) is 96.9. The molecule has 1 heterocycles. The van der Waals surface area contributed by atoms with E-state index in [1.165, 1.54) is 0 Å². The van der Waals surface area contributed by atoms with E-state index in [1.54, 1.807) is 0 Å². The zero-order valence-corrected chi connectivity index (χ0v) is 30.4. The number of rotatable bonds is 28. The van der Waals surface area contributed by atoms with Crippen molar-refractivity contribution < 1.29 is 81.0 Å². The van der Waals surface area contributed by atoms with Gasteiger partial charge in [0.1, 0.15) is 0 Å². The minimum absolute atomic E-state index is 0.0133. The molecule has 4 atom stereocenters. The first-order valence-electron chi connectivity index (χ1n) is 17.5. The number of carbonyl (C=O) groups is 8. The lowest BCUT2D eigenvalue weighted by Crippen LogP contribution is -2.58. The lowest BCUT2D eigenvalue weighted by molar-refractivity contribution is -0.275. The van der Waals surface area contributed by atoms with E-state index in [-0.39, 0.29) is 77.8 Å². The summed E-state index contributed by atoms with van der Waals surface area (Å²) in [5.41, 5.74) is 0. The SMILES string of the molecule is C=CC(=O)OCCCCC(=O)OC1OC[C@@H](OC(=O)CCCCOC(=O)C=C)C(OC(=O)CCCCOC(=O)C=C)[C@H]1OC(=O)CCCCOC(=O)C=C. The lowest BCUT2D eigenvalue weighted by Gasteiger charge is -2.40. The molecule has 0 amide bonds. The molecular formula is C37H50O17. The highest BCUT2D eigenvalue weighted by Crippen LogP contribution is 2.27. The molecule has 0 N–H and O–H groups in total. The monoisotopic (exact) mass is 766 g/mol. The van der Waals surface area contributed by atoms with Crippen LogP contribution >= 0.6 is 0 Å². The third kappa shape index (κ3) is 21.3. The second-order valence-electron chi connectivity index (χ2n) is 11.4. The molecule has 0 aromatic heterocycles. The summed E-state index contributed by atoms with van der Waals surface area (Å²) in [6, 6.07) is 0. The van der Waals surface area contributed by atoms with E-state index in [2.05, 4.69) is 26.3 Å². The van der Waals surface area contributed by atoms with Crippen LogP contribution in [0.3, 0.4) is 0 Å². The van der Waals surface area contributed by atoms with Gasteiger partial charge < -0.3 is 42.6 Å². The average molecular weight is 767 g/mol. The molecule has 0 radical (unpaired) electrons. The molecule has 1 aliphatic rings. The van der Waals surface area contributed by atoms with Crippen LogP contribution in [0.2, 0.25) is 0 Å². The minimum atomic E-state index is -1.59. The maximum atomic E-state index is 13.1. The zero-order chi connectivity index (χ0) is 40.1. The molecule has 1 aliphatic heterocycles. The van der Waals surface area contributed by atoms with Crippen LogP contribution < -0.4 is 0 Å². The molecule has 0 spiro atoms. The maximum absolute atomic E-state index is 13.1. The molecule has 0 aromatic carbocycles. The molecular weight excluding hydrogens is 716 g/mol. The molecule has 0 aliphatic carbocycles. The van der Waals surface area contributed by atoms with Gasteiger partial charge in [-0.05, 0) is 51.4 Å². The van der Waals surface area contributed by atoms with Crippen LogP contribution in [0.4, 0.5) is 0 Å². The first kappa shape index (κ1) is 46.7. The predicted molar refractivity (Wildman–Crippen MR) is 185 cm³/mol. The van der Waals surface area contributed by atoms with Crippen LogP contribution in [0.15, 0.2) is 50.6 Å². The Hall–Kier alpha value is -5.32. The van der Waals surface area contributed by atoms with Crippen molar-refractivity contribution in [2.24, 2.45) is 0 Å². The number of ether oxygens (including phenoxy) is 9. The summed E-state index contributed by atoms with van der Waals surface area (Å²) in [5, 5.41) is 0. The van der Waals surface area contributed by atoms with Gasteiger partial charge in [-0.25, -0.2) is 19.2 Å². The van der Waals surface area contributed by atoms with Crippen LogP contribution in [0.25, 0.3) is 0 Å². The van der Waals surface area contributed by atoms with E-state index in [4.69, 9.17) is 42.6 Å². The van der Waals surface area contributed by atoms with Gasteiger partial charge in [-0.3, -0.25) is 19.2 Å². The Kier molecular flexibility index (Phi) is 24.4. The fraction of sp³-hybridized carbons (Fsp3) is 0.568. The average Bonchev–Trinajstić information content (AvgIpc) is 3.15. The molecule has 2 unspecified atom stereocenters. The smallest absolute Gasteiger partial charge is 0.330 e. The van der Waals surface area contributed by atoms with Gasteiger partial charge in [0, 0.05) is 50.0 Å². The van der Waals surface area contributed by atoms with Crippen LogP contribution in [-0.2, 0) is 81.0 Å². The summed E-state index contributed by atoms with van der Waals surface area (Å²) in [5.74, 6) is -5.57. The molecule has 1 rings (SSSR count). The van der Waals surface area contributed by atoms with E-state index in [9.17, 15) is 38.4 Å². The molecule has 0 saturated carbocycles. The molecule has 17 heteroatoms. The number of hydrogen-bond acceptors (Lipinski definition) is 17. The highest BCUT2D eigenvalue weighted by atomic mass is 16.7. The first-order valence-corrected chi connectivity index (χ1v) is 17.5. The fourth-order valence-electron chi connectivity index (χ4n) is 4.46. The van der Waals surface area contributed by atoms with E-state index < -0.39 is 79.0 Å². The topological polar surface area (TPSA) is 220 Å². The molecule has 1 saturated heterocycles. The Labute approximate surface area is 313 Å². The van der Waals surface area contributed by atoms with Crippen molar-refractivity contribution in [3.63, 3.8) is 0 Å². The van der Waals surface area contributed by atoms with Crippen molar-refractivity contribution in [1.29, 1.82) is 0 Å². The van der Waals surface area contributed by atoms with Crippen molar-refractivity contribution in [3.05, 3.63) is 50.6 Å². The van der Waals surface area contributed by atoms with Crippen LogP contribution in [0, 0.1) is 0 Å². The second-order valence-corrected chi connectivity index (χ2v) is 11.4. The number of unbranched alkanes of at least 4 members (excludes halogenated alkanes) is 4. The van der Waals surface area contributed by atoms with E-state index >= 15 is 0 Å². The maximum Gasteiger partial charge on any atom is 0.330 e. The second kappa shape index (κ2) is 28.2. The third-order valence-corrected chi connectivity index (χ3v) is 7.19.